The quantitative estimate of drug-likeness (QED) is 0.372. The molecule has 0 aromatic carbocycles. The van der Waals surface area contributed by atoms with E-state index in [9.17, 15) is 0 Å². The van der Waals surface area contributed by atoms with Crippen molar-refractivity contribution in [2.75, 3.05) is 5.33 Å². The van der Waals surface area contributed by atoms with Gasteiger partial charge in [-0.1, -0.05) is 59.8 Å². The average molecular weight is 215 g/mol. The summed E-state index contributed by atoms with van der Waals surface area (Å²) in [7, 11) is 0. The summed E-state index contributed by atoms with van der Waals surface area (Å²) >= 11 is 3.33. The molecule has 1 unspecified atom stereocenters. The fourth-order valence-electron chi connectivity index (χ4n) is 0.721. The van der Waals surface area contributed by atoms with Crippen LogP contribution < -0.4 is 0 Å². The normalized spacial score (nSPS) is 14.4. The van der Waals surface area contributed by atoms with Crippen LogP contribution in [0.5, 0.6) is 0 Å². The summed E-state index contributed by atoms with van der Waals surface area (Å²) in [5.74, 6) is 0.614. The zero-order valence-electron chi connectivity index (χ0n) is 6.96. The van der Waals surface area contributed by atoms with E-state index in [0.717, 1.165) is 11.8 Å². The highest BCUT2D eigenvalue weighted by molar-refractivity contribution is 9.09. The minimum atomic E-state index is 0.614. The second kappa shape index (κ2) is 7.80. The second-order valence-corrected chi connectivity index (χ2v) is 3.11. The summed E-state index contributed by atoms with van der Waals surface area (Å²) in [6.45, 7) is 5.81. The van der Waals surface area contributed by atoms with Crippen LogP contribution in [0, 0.1) is 5.92 Å². The number of halogens is 1. The van der Waals surface area contributed by atoms with E-state index in [0.29, 0.717) is 5.92 Å². The second-order valence-electron chi connectivity index (χ2n) is 2.46. The SMILES string of the molecule is C=C/C=C/C(C)C/C=C/CBr. The highest BCUT2D eigenvalue weighted by Gasteiger charge is 1.90. The number of allylic oxidation sites excluding steroid dienone is 5. The van der Waals surface area contributed by atoms with Crippen LogP contribution in [-0.4, -0.2) is 5.33 Å². The lowest BCUT2D eigenvalue weighted by molar-refractivity contribution is 0.744. The Balaban J connectivity index is 3.51. The molecule has 11 heavy (non-hydrogen) atoms. The maximum Gasteiger partial charge on any atom is 0.0212 e. The van der Waals surface area contributed by atoms with Crippen molar-refractivity contribution in [2.45, 2.75) is 13.3 Å². The molecule has 0 nitrogen and oxygen atoms in total. The van der Waals surface area contributed by atoms with E-state index in [1.807, 2.05) is 12.2 Å². The smallest absolute Gasteiger partial charge is 0.0212 e. The van der Waals surface area contributed by atoms with Gasteiger partial charge in [-0.25, -0.2) is 0 Å². The largest absolute Gasteiger partial charge is 0.0991 e. The molecule has 0 radical (unpaired) electrons. The number of hydrogen-bond acceptors (Lipinski definition) is 0. The van der Waals surface area contributed by atoms with Crippen LogP contribution in [0.4, 0.5) is 0 Å². The minimum absolute atomic E-state index is 0.614. The van der Waals surface area contributed by atoms with Crippen LogP contribution in [0.25, 0.3) is 0 Å². The Labute approximate surface area is 77.8 Å². The predicted molar refractivity (Wildman–Crippen MR) is 56.1 cm³/mol. The van der Waals surface area contributed by atoms with Gasteiger partial charge in [-0.15, -0.1) is 0 Å². The van der Waals surface area contributed by atoms with Gasteiger partial charge in [0, 0.05) is 5.33 Å². The first kappa shape index (κ1) is 10.7. The molecule has 0 bridgehead atoms. The molecule has 0 rings (SSSR count). The van der Waals surface area contributed by atoms with Gasteiger partial charge < -0.3 is 0 Å². The van der Waals surface area contributed by atoms with Crippen molar-refractivity contribution in [2.24, 2.45) is 5.92 Å². The molecule has 0 fully saturated rings. The van der Waals surface area contributed by atoms with Crippen LogP contribution >= 0.6 is 15.9 Å². The summed E-state index contributed by atoms with van der Waals surface area (Å²) in [5.41, 5.74) is 0. The molecule has 0 spiro atoms. The van der Waals surface area contributed by atoms with E-state index in [-0.39, 0.29) is 0 Å². The third-order valence-corrected chi connectivity index (χ3v) is 1.71. The van der Waals surface area contributed by atoms with Crippen LogP contribution in [0.1, 0.15) is 13.3 Å². The zero-order chi connectivity index (χ0) is 8.53. The first-order valence-electron chi connectivity index (χ1n) is 3.81. The first-order valence-corrected chi connectivity index (χ1v) is 4.93. The molecule has 1 heteroatoms. The Bertz CT molecular complexity index is 145. The Kier molecular flexibility index (Phi) is 7.59. The lowest BCUT2D eigenvalue weighted by atomic mass is 10.1. The van der Waals surface area contributed by atoms with Gasteiger partial charge in [-0.3, -0.25) is 0 Å². The van der Waals surface area contributed by atoms with Crippen LogP contribution in [-0.2, 0) is 0 Å². The van der Waals surface area contributed by atoms with Crippen molar-refractivity contribution in [1.82, 2.24) is 0 Å². The van der Waals surface area contributed by atoms with Crippen molar-refractivity contribution >= 4 is 15.9 Å². The van der Waals surface area contributed by atoms with Gasteiger partial charge in [0.1, 0.15) is 0 Å². The summed E-state index contributed by atoms with van der Waals surface area (Å²) < 4.78 is 0. The molecule has 0 aliphatic carbocycles. The summed E-state index contributed by atoms with van der Waals surface area (Å²) in [4.78, 5) is 0. The van der Waals surface area contributed by atoms with E-state index in [4.69, 9.17) is 0 Å². The van der Waals surface area contributed by atoms with Gasteiger partial charge in [0.2, 0.25) is 0 Å². The van der Waals surface area contributed by atoms with Crippen molar-refractivity contribution in [3.8, 4) is 0 Å². The molecule has 0 saturated carbocycles. The molecule has 0 aromatic rings. The zero-order valence-corrected chi connectivity index (χ0v) is 8.55. The molecule has 62 valence electrons. The highest BCUT2D eigenvalue weighted by atomic mass is 79.9. The van der Waals surface area contributed by atoms with Gasteiger partial charge in [0.15, 0.2) is 0 Å². The standard InChI is InChI=1S/C10H15Br/c1-3-4-7-10(2)8-5-6-9-11/h3-7,10H,1,8-9H2,2H3/b6-5+,7-4+. The average Bonchev–Trinajstić information content (AvgIpc) is 2.01. The van der Waals surface area contributed by atoms with Crippen LogP contribution in [0.2, 0.25) is 0 Å². The van der Waals surface area contributed by atoms with Crippen molar-refractivity contribution in [3.05, 3.63) is 37.0 Å². The van der Waals surface area contributed by atoms with Gasteiger partial charge in [0.25, 0.3) is 0 Å². The van der Waals surface area contributed by atoms with Crippen molar-refractivity contribution in [1.29, 1.82) is 0 Å². The highest BCUT2D eigenvalue weighted by Crippen LogP contribution is 2.04. The first-order chi connectivity index (χ1) is 5.31. The monoisotopic (exact) mass is 214 g/mol. The van der Waals surface area contributed by atoms with E-state index in [1.165, 1.54) is 0 Å². The number of hydrogen-bond donors (Lipinski definition) is 0. The number of rotatable bonds is 5. The lowest BCUT2D eigenvalue weighted by Gasteiger charge is -1.98. The maximum absolute atomic E-state index is 3.62. The molecule has 0 aliphatic rings. The fourth-order valence-corrected chi connectivity index (χ4v) is 0.985. The molecule has 0 amide bonds. The maximum atomic E-state index is 3.62. The summed E-state index contributed by atoms with van der Waals surface area (Å²) in [6.07, 6.45) is 11.4. The molecule has 0 aliphatic heterocycles. The van der Waals surface area contributed by atoms with E-state index in [1.54, 1.807) is 0 Å². The molecular formula is C10H15Br. The number of alkyl halides is 1. The van der Waals surface area contributed by atoms with Gasteiger partial charge in [-0.05, 0) is 12.3 Å². The Morgan fingerprint density at radius 2 is 2.18 bits per heavy atom. The molecule has 1 atom stereocenters. The molecular weight excluding hydrogens is 200 g/mol. The lowest BCUT2D eigenvalue weighted by Crippen LogP contribution is -1.84. The van der Waals surface area contributed by atoms with Gasteiger partial charge in [0.05, 0.1) is 0 Å². The van der Waals surface area contributed by atoms with Crippen LogP contribution in [0.15, 0.2) is 37.0 Å². The van der Waals surface area contributed by atoms with Gasteiger partial charge >= 0.3 is 0 Å². The third-order valence-electron chi connectivity index (χ3n) is 1.34. The van der Waals surface area contributed by atoms with Crippen LogP contribution in [0.3, 0.4) is 0 Å². The molecule has 0 aromatic heterocycles. The van der Waals surface area contributed by atoms with E-state index < -0.39 is 0 Å². The fraction of sp³-hybridized carbons (Fsp3) is 0.400. The summed E-state index contributed by atoms with van der Waals surface area (Å²) in [6, 6.07) is 0. The summed E-state index contributed by atoms with van der Waals surface area (Å²) in [5, 5.41) is 0.949. The van der Waals surface area contributed by atoms with Crippen molar-refractivity contribution < 1.29 is 0 Å². The Morgan fingerprint density at radius 3 is 2.73 bits per heavy atom. The molecule has 0 saturated heterocycles. The predicted octanol–water partition coefficient (Wildman–Crippen LogP) is 3.71. The topological polar surface area (TPSA) is 0 Å². The van der Waals surface area contributed by atoms with Gasteiger partial charge in [-0.2, -0.15) is 0 Å². The molecule has 0 heterocycles. The Hall–Kier alpha value is -0.300. The van der Waals surface area contributed by atoms with Crippen molar-refractivity contribution in [3.63, 3.8) is 0 Å². The third kappa shape index (κ3) is 7.60. The molecule has 0 N–H and O–H groups in total. The Morgan fingerprint density at radius 1 is 1.45 bits per heavy atom. The minimum Gasteiger partial charge on any atom is -0.0991 e. The van der Waals surface area contributed by atoms with E-state index in [2.05, 4.69) is 47.7 Å². The van der Waals surface area contributed by atoms with E-state index >= 15 is 0 Å².